The summed E-state index contributed by atoms with van der Waals surface area (Å²) in [7, 11) is 0. The summed E-state index contributed by atoms with van der Waals surface area (Å²) < 4.78 is 1.78. The molecule has 4 nitrogen and oxygen atoms in total. The van der Waals surface area contributed by atoms with E-state index >= 15 is 0 Å². The Hall–Kier alpha value is -1.71. The Kier molecular flexibility index (Phi) is 2.49. The topological polar surface area (TPSA) is 47.8 Å². The van der Waals surface area contributed by atoms with Crippen molar-refractivity contribution in [2.45, 2.75) is 20.4 Å². The highest BCUT2D eigenvalue weighted by molar-refractivity contribution is 5.78. The normalized spacial score (nSPS) is 12.9. The van der Waals surface area contributed by atoms with Gasteiger partial charge in [0.25, 0.3) is 0 Å². The van der Waals surface area contributed by atoms with E-state index in [1.54, 1.807) is 11.6 Å². The number of para-hydroxylation sites is 1. The van der Waals surface area contributed by atoms with Gasteiger partial charge in [-0.2, -0.15) is 0 Å². The summed E-state index contributed by atoms with van der Waals surface area (Å²) in [6.07, 6.45) is 0. The van der Waals surface area contributed by atoms with Crippen LogP contribution < -0.4 is 0 Å². The molecule has 1 unspecified atom stereocenters. The van der Waals surface area contributed by atoms with Crippen LogP contribution in [0.3, 0.4) is 0 Å². The summed E-state index contributed by atoms with van der Waals surface area (Å²) in [5.74, 6) is 0.157. The van der Waals surface area contributed by atoms with Crippen LogP contribution in [0.4, 0.5) is 0 Å². The number of hydrogen-bond donors (Lipinski definition) is 0. The van der Waals surface area contributed by atoms with Gasteiger partial charge in [0.1, 0.15) is 11.3 Å². The van der Waals surface area contributed by atoms with E-state index < -0.39 is 0 Å². The van der Waals surface area contributed by atoms with E-state index in [4.69, 9.17) is 0 Å². The summed E-state index contributed by atoms with van der Waals surface area (Å²) in [6, 6.07) is 7.75. The van der Waals surface area contributed by atoms with Crippen LogP contribution in [0.15, 0.2) is 24.3 Å². The molecule has 0 aliphatic carbocycles. The Balaban J connectivity index is 2.32. The molecule has 2 rings (SSSR count). The first-order valence-corrected chi connectivity index (χ1v) is 4.97. The Morgan fingerprint density at radius 2 is 2.20 bits per heavy atom. The van der Waals surface area contributed by atoms with Crippen LogP contribution in [0.5, 0.6) is 0 Å². The van der Waals surface area contributed by atoms with Crippen molar-refractivity contribution in [1.82, 2.24) is 15.0 Å². The second kappa shape index (κ2) is 3.81. The fourth-order valence-corrected chi connectivity index (χ4v) is 1.44. The number of ketones is 1. The van der Waals surface area contributed by atoms with Crippen LogP contribution in [-0.2, 0) is 11.3 Å². The Morgan fingerprint density at radius 1 is 1.47 bits per heavy atom. The quantitative estimate of drug-likeness (QED) is 0.762. The lowest BCUT2D eigenvalue weighted by atomic mass is 10.1. The minimum atomic E-state index is -0.0184. The van der Waals surface area contributed by atoms with Crippen molar-refractivity contribution in [2.24, 2.45) is 5.92 Å². The Bertz CT molecular complexity index is 489. The monoisotopic (exact) mass is 203 g/mol. The van der Waals surface area contributed by atoms with Gasteiger partial charge in [-0.25, -0.2) is 4.68 Å². The molecule has 0 radical (unpaired) electrons. The second-order valence-corrected chi connectivity index (χ2v) is 3.77. The Morgan fingerprint density at radius 3 is 2.93 bits per heavy atom. The molecule has 2 aromatic rings. The van der Waals surface area contributed by atoms with E-state index in [9.17, 15) is 4.79 Å². The molecule has 0 aliphatic heterocycles. The van der Waals surface area contributed by atoms with Crippen molar-refractivity contribution in [2.75, 3.05) is 0 Å². The maximum atomic E-state index is 11.1. The maximum absolute atomic E-state index is 11.1. The second-order valence-electron chi connectivity index (χ2n) is 3.77. The summed E-state index contributed by atoms with van der Waals surface area (Å²) in [6.45, 7) is 4.10. The van der Waals surface area contributed by atoms with Gasteiger partial charge in [0.2, 0.25) is 0 Å². The van der Waals surface area contributed by atoms with E-state index in [0.717, 1.165) is 11.0 Å². The van der Waals surface area contributed by atoms with E-state index in [2.05, 4.69) is 10.3 Å². The minimum Gasteiger partial charge on any atom is -0.300 e. The molecule has 0 N–H and O–H groups in total. The highest BCUT2D eigenvalue weighted by Gasteiger charge is 2.11. The molecule has 15 heavy (non-hydrogen) atoms. The third-order valence-corrected chi connectivity index (χ3v) is 2.56. The first kappa shape index (κ1) is 9.83. The van der Waals surface area contributed by atoms with Gasteiger partial charge in [-0.1, -0.05) is 24.3 Å². The number of nitrogens with zero attached hydrogens (tertiary/aromatic N) is 3. The predicted molar refractivity (Wildman–Crippen MR) is 57.4 cm³/mol. The zero-order valence-electron chi connectivity index (χ0n) is 8.84. The van der Waals surface area contributed by atoms with Crippen molar-refractivity contribution in [3.05, 3.63) is 24.3 Å². The number of carbonyl (C=O) groups excluding carboxylic acids is 1. The van der Waals surface area contributed by atoms with Gasteiger partial charge in [-0.15, -0.1) is 5.10 Å². The molecular weight excluding hydrogens is 190 g/mol. The SMILES string of the molecule is CC(=O)C(C)Cn1nnc2ccccc21. The van der Waals surface area contributed by atoms with E-state index in [1.807, 2.05) is 31.2 Å². The maximum Gasteiger partial charge on any atom is 0.134 e. The molecule has 0 aliphatic rings. The lowest BCUT2D eigenvalue weighted by molar-refractivity contribution is -0.120. The minimum absolute atomic E-state index is 0.0184. The van der Waals surface area contributed by atoms with Crippen LogP contribution in [0.25, 0.3) is 11.0 Å². The summed E-state index contributed by atoms with van der Waals surface area (Å²) in [5, 5.41) is 8.06. The van der Waals surface area contributed by atoms with Gasteiger partial charge in [-0.3, -0.25) is 4.79 Å². The van der Waals surface area contributed by atoms with Gasteiger partial charge in [0.15, 0.2) is 0 Å². The molecule has 78 valence electrons. The van der Waals surface area contributed by atoms with Gasteiger partial charge in [0, 0.05) is 5.92 Å². The van der Waals surface area contributed by atoms with Crippen LogP contribution in [0.2, 0.25) is 0 Å². The first-order valence-electron chi connectivity index (χ1n) is 4.97. The summed E-state index contributed by atoms with van der Waals surface area (Å²) in [5.41, 5.74) is 1.85. The molecule has 0 saturated carbocycles. The third kappa shape index (κ3) is 1.88. The number of hydrogen-bond acceptors (Lipinski definition) is 3. The number of rotatable bonds is 3. The van der Waals surface area contributed by atoms with Crippen molar-refractivity contribution in [1.29, 1.82) is 0 Å². The van der Waals surface area contributed by atoms with Gasteiger partial charge < -0.3 is 0 Å². The van der Waals surface area contributed by atoms with Crippen molar-refractivity contribution < 1.29 is 4.79 Å². The van der Waals surface area contributed by atoms with E-state index in [1.165, 1.54) is 0 Å². The standard InChI is InChI=1S/C11H13N3O/c1-8(9(2)15)7-14-11-6-4-3-5-10(11)12-13-14/h3-6,8H,7H2,1-2H3. The van der Waals surface area contributed by atoms with Crippen molar-refractivity contribution in [3.8, 4) is 0 Å². The summed E-state index contributed by atoms with van der Waals surface area (Å²) in [4.78, 5) is 11.1. The number of Topliss-reactive ketones (excluding diaryl/α,β-unsaturated/α-hetero) is 1. The molecule has 1 aromatic carbocycles. The lowest BCUT2D eigenvalue weighted by Gasteiger charge is -2.07. The fraction of sp³-hybridized carbons (Fsp3) is 0.364. The largest absolute Gasteiger partial charge is 0.300 e. The molecule has 1 heterocycles. The Labute approximate surface area is 87.9 Å². The van der Waals surface area contributed by atoms with Gasteiger partial charge in [0.05, 0.1) is 12.1 Å². The molecule has 0 amide bonds. The zero-order valence-corrected chi connectivity index (χ0v) is 8.84. The third-order valence-electron chi connectivity index (χ3n) is 2.56. The van der Waals surface area contributed by atoms with E-state index in [0.29, 0.717) is 6.54 Å². The lowest BCUT2D eigenvalue weighted by Crippen LogP contribution is -2.15. The van der Waals surface area contributed by atoms with Gasteiger partial charge in [-0.05, 0) is 19.1 Å². The molecule has 0 fully saturated rings. The predicted octanol–water partition coefficient (Wildman–Crippen LogP) is 1.66. The van der Waals surface area contributed by atoms with Gasteiger partial charge >= 0.3 is 0 Å². The highest BCUT2D eigenvalue weighted by atomic mass is 16.1. The van der Waals surface area contributed by atoms with Crippen LogP contribution in [-0.4, -0.2) is 20.8 Å². The average molecular weight is 203 g/mol. The van der Waals surface area contributed by atoms with Crippen LogP contribution in [0, 0.1) is 5.92 Å². The summed E-state index contributed by atoms with van der Waals surface area (Å²) >= 11 is 0. The number of benzene rings is 1. The van der Waals surface area contributed by atoms with Crippen LogP contribution >= 0.6 is 0 Å². The van der Waals surface area contributed by atoms with Crippen LogP contribution in [0.1, 0.15) is 13.8 Å². The molecular formula is C11H13N3O. The molecule has 4 heteroatoms. The molecule has 1 atom stereocenters. The van der Waals surface area contributed by atoms with E-state index in [-0.39, 0.29) is 11.7 Å². The number of aromatic nitrogens is 3. The fourth-order valence-electron chi connectivity index (χ4n) is 1.44. The first-order chi connectivity index (χ1) is 7.18. The molecule has 0 saturated heterocycles. The van der Waals surface area contributed by atoms with Crippen molar-refractivity contribution >= 4 is 16.8 Å². The number of fused-ring (bicyclic) bond motifs is 1. The molecule has 0 bridgehead atoms. The highest BCUT2D eigenvalue weighted by Crippen LogP contribution is 2.11. The zero-order chi connectivity index (χ0) is 10.8. The smallest absolute Gasteiger partial charge is 0.134 e. The number of carbonyl (C=O) groups is 1. The average Bonchev–Trinajstić information content (AvgIpc) is 2.62. The molecule has 1 aromatic heterocycles. The molecule has 0 spiro atoms. The van der Waals surface area contributed by atoms with Crippen molar-refractivity contribution in [3.63, 3.8) is 0 Å².